The van der Waals surface area contributed by atoms with Gasteiger partial charge in [-0.3, -0.25) is 0 Å². The zero-order valence-electron chi connectivity index (χ0n) is 7.33. The number of carboxylic acids is 1. The monoisotopic (exact) mass is 184 g/mol. The van der Waals surface area contributed by atoms with Crippen molar-refractivity contribution < 1.29 is 14.7 Å². The van der Waals surface area contributed by atoms with E-state index in [9.17, 15) is 9.59 Å². The van der Waals surface area contributed by atoms with Gasteiger partial charge in [0.25, 0.3) is 0 Å². The van der Waals surface area contributed by atoms with Crippen molar-refractivity contribution in [3.05, 3.63) is 0 Å². The molecule has 1 atom stereocenters. The van der Waals surface area contributed by atoms with Gasteiger partial charge >= 0.3 is 12.0 Å². The van der Waals surface area contributed by atoms with Gasteiger partial charge in [0.05, 0.1) is 6.54 Å². The van der Waals surface area contributed by atoms with Crippen molar-refractivity contribution in [2.24, 2.45) is 0 Å². The minimum Gasteiger partial charge on any atom is -0.480 e. The molecule has 0 aliphatic heterocycles. The molecular weight excluding hydrogens is 172 g/mol. The van der Waals surface area contributed by atoms with Gasteiger partial charge < -0.3 is 15.7 Å². The number of carbonyl (C=O) groups is 2. The molecule has 0 radical (unpaired) electrons. The Morgan fingerprint density at radius 2 is 2.23 bits per heavy atom. The van der Waals surface area contributed by atoms with E-state index in [0.29, 0.717) is 6.42 Å². The molecule has 0 saturated carbocycles. The Morgan fingerprint density at radius 3 is 2.62 bits per heavy atom. The van der Waals surface area contributed by atoms with Gasteiger partial charge in [-0.2, -0.15) is 0 Å². The van der Waals surface area contributed by atoms with Crippen molar-refractivity contribution in [2.45, 2.75) is 19.4 Å². The summed E-state index contributed by atoms with van der Waals surface area (Å²) in [7, 11) is 0. The normalized spacial score (nSPS) is 11.1. The van der Waals surface area contributed by atoms with E-state index in [1.807, 2.05) is 0 Å². The lowest BCUT2D eigenvalue weighted by atomic mass is 10.2. The smallest absolute Gasteiger partial charge is 0.326 e. The van der Waals surface area contributed by atoms with E-state index < -0.39 is 18.0 Å². The lowest BCUT2D eigenvalue weighted by Crippen LogP contribution is -2.45. The number of amides is 2. The van der Waals surface area contributed by atoms with Gasteiger partial charge in [0.15, 0.2) is 0 Å². The maximum absolute atomic E-state index is 10.9. The molecule has 1 unspecified atom stereocenters. The van der Waals surface area contributed by atoms with Gasteiger partial charge in [0, 0.05) is 0 Å². The van der Waals surface area contributed by atoms with Crippen LogP contribution in [0.25, 0.3) is 0 Å². The van der Waals surface area contributed by atoms with Crippen LogP contribution in [0.3, 0.4) is 0 Å². The van der Waals surface area contributed by atoms with Crippen LogP contribution in [0, 0.1) is 12.3 Å². The van der Waals surface area contributed by atoms with Gasteiger partial charge in [0.1, 0.15) is 6.04 Å². The molecule has 0 saturated heterocycles. The van der Waals surface area contributed by atoms with Gasteiger partial charge in [-0.25, -0.2) is 9.59 Å². The van der Waals surface area contributed by atoms with Gasteiger partial charge in [-0.15, -0.1) is 6.42 Å². The molecule has 0 rings (SSSR count). The summed E-state index contributed by atoms with van der Waals surface area (Å²) < 4.78 is 0. The number of terminal acetylenes is 1. The van der Waals surface area contributed by atoms with E-state index >= 15 is 0 Å². The van der Waals surface area contributed by atoms with E-state index in [1.165, 1.54) is 0 Å². The number of rotatable bonds is 4. The third kappa shape index (κ3) is 4.69. The van der Waals surface area contributed by atoms with Crippen LogP contribution in [-0.2, 0) is 4.79 Å². The predicted octanol–water partition coefficient (Wildman–Crippen LogP) is -0.218. The summed E-state index contributed by atoms with van der Waals surface area (Å²) in [5.74, 6) is 1.14. The number of aliphatic carboxylic acids is 1. The maximum Gasteiger partial charge on any atom is 0.326 e. The fourth-order valence-corrected chi connectivity index (χ4v) is 0.679. The fraction of sp³-hybridized carbons (Fsp3) is 0.500. The van der Waals surface area contributed by atoms with Crippen LogP contribution in [0.15, 0.2) is 0 Å². The highest BCUT2D eigenvalue weighted by molar-refractivity contribution is 5.82. The lowest BCUT2D eigenvalue weighted by molar-refractivity contribution is -0.139. The Labute approximate surface area is 76.5 Å². The van der Waals surface area contributed by atoms with Crippen molar-refractivity contribution in [3.8, 4) is 12.3 Å². The van der Waals surface area contributed by atoms with Crippen LogP contribution < -0.4 is 10.6 Å². The predicted molar refractivity (Wildman–Crippen MR) is 47.1 cm³/mol. The van der Waals surface area contributed by atoms with Crippen molar-refractivity contribution in [2.75, 3.05) is 6.54 Å². The van der Waals surface area contributed by atoms with Crippen molar-refractivity contribution in [1.29, 1.82) is 0 Å². The van der Waals surface area contributed by atoms with E-state index in [-0.39, 0.29) is 6.54 Å². The first-order valence-electron chi connectivity index (χ1n) is 3.82. The second kappa shape index (κ2) is 5.89. The molecule has 0 heterocycles. The van der Waals surface area contributed by atoms with Gasteiger partial charge in [0.2, 0.25) is 0 Å². The minimum absolute atomic E-state index is 0.0852. The van der Waals surface area contributed by atoms with Crippen LogP contribution in [0.1, 0.15) is 13.3 Å². The Bertz CT molecular complexity index is 232. The molecule has 13 heavy (non-hydrogen) atoms. The first-order chi connectivity index (χ1) is 6.11. The van der Waals surface area contributed by atoms with Crippen molar-refractivity contribution >= 4 is 12.0 Å². The number of hydrogen-bond acceptors (Lipinski definition) is 2. The average Bonchev–Trinajstić information content (AvgIpc) is 2.10. The number of hydrogen-bond donors (Lipinski definition) is 3. The summed E-state index contributed by atoms with van der Waals surface area (Å²) in [5.41, 5.74) is 0. The summed E-state index contributed by atoms with van der Waals surface area (Å²) in [4.78, 5) is 21.4. The largest absolute Gasteiger partial charge is 0.480 e. The first-order valence-corrected chi connectivity index (χ1v) is 3.82. The molecule has 0 aliphatic carbocycles. The summed E-state index contributed by atoms with van der Waals surface area (Å²) in [6.45, 7) is 1.75. The number of carbonyl (C=O) groups excluding carboxylic acids is 1. The highest BCUT2D eigenvalue weighted by Gasteiger charge is 2.16. The summed E-state index contributed by atoms with van der Waals surface area (Å²) in [5, 5.41) is 13.1. The Balaban J connectivity index is 3.88. The summed E-state index contributed by atoms with van der Waals surface area (Å²) >= 11 is 0. The van der Waals surface area contributed by atoms with Gasteiger partial charge in [-0.05, 0) is 6.42 Å². The van der Waals surface area contributed by atoms with Crippen LogP contribution in [0.2, 0.25) is 0 Å². The molecular formula is C8H12N2O3. The molecule has 5 nitrogen and oxygen atoms in total. The first kappa shape index (κ1) is 11.3. The van der Waals surface area contributed by atoms with E-state index in [4.69, 9.17) is 11.5 Å². The molecule has 3 N–H and O–H groups in total. The lowest BCUT2D eigenvalue weighted by Gasteiger charge is -2.11. The molecule has 2 amide bonds. The third-order valence-corrected chi connectivity index (χ3v) is 1.36. The molecule has 0 aliphatic rings. The summed E-state index contributed by atoms with van der Waals surface area (Å²) in [6.07, 6.45) is 5.22. The molecule has 5 heteroatoms. The maximum atomic E-state index is 10.9. The average molecular weight is 184 g/mol. The standard InChI is InChI=1S/C8H12N2O3/c1-3-5-9-8(13)10-6(4-2)7(11)12/h1,6H,4-5H2,2H3,(H,11,12)(H2,9,10,13). The quantitative estimate of drug-likeness (QED) is 0.528. The summed E-state index contributed by atoms with van der Waals surface area (Å²) in [6, 6.07) is -1.43. The van der Waals surface area contributed by atoms with Gasteiger partial charge in [-0.1, -0.05) is 12.8 Å². The number of nitrogens with one attached hydrogen (secondary N) is 2. The zero-order valence-corrected chi connectivity index (χ0v) is 7.33. The van der Waals surface area contributed by atoms with Crippen molar-refractivity contribution in [1.82, 2.24) is 10.6 Å². The number of urea groups is 1. The van der Waals surface area contributed by atoms with Crippen LogP contribution in [0.4, 0.5) is 4.79 Å². The molecule has 0 spiro atoms. The van der Waals surface area contributed by atoms with Crippen LogP contribution >= 0.6 is 0 Å². The SMILES string of the molecule is C#CCNC(=O)NC(CC)C(=O)O. The second-order valence-corrected chi connectivity index (χ2v) is 2.33. The Hall–Kier alpha value is -1.70. The van der Waals surface area contributed by atoms with Crippen molar-refractivity contribution in [3.63, 3.8) is 0 Å². The molecule has 0 bridgehead atoms. The van der Waals surface area contributed by atoms with Crippen LogP contribution in [0.5, 0.6) is 0 Å². The van der Waals surface area contributed by atoms with E-state index in [0.717, 1.165) is 0 Å². The van der Waals surface area contributed by atoms with Crippen LogP contribution in [-0.4, -0.2) is 29.7 Å². The topological polar surface area (TPSA) is 78.4 Å². The fourth-order valence-electron chi connectivity index (χ4n) is 0.679. The molecule has 0 aromatic rings. The molecule has 0 fully saturated rings. The Morgan fingerprint density at radius 1 is 1.62 bits per heavy atom. The highest BCUT2D eigenvalue weighted by Crippen LogP contribution is 1.89. The minimum atomic E-state index is -1.06. The molecule has 72 valence electrons. The molecule has 0 aromatic heterocycles. The zero-order chi connectivity index (χ0) is 10.3. The third-order valence-electron chi connectivity index (χ3n) is 1.36. The van der Waals surface area contributed by atoms with E-state index in [1.54, 1.807) is 6.92 Å². The van der Waals surface area contributed by atoms with E-state index in [2.05, 4.69) is 16.6 Å². The highest BCUT2D eigenvalue weighted by atomic mass is 16.4. The number of carboxylic acid groups (broad SMARTS) is 1. The second-order valence-electron chi connectivity index (χ2n) is 2.33. The Kier molecular flexibility index (Phi) is 5.12. The molecule has 0 aromatic carbocycles.